The first-order chi connectivity index (χ1) is 14.0. The van der Waals surface area contributed by atoms with E-state index in [1.54, 1.807) is 0 Å². The van der Waals surface area contributed by atoms with Crippen molar-refractivity contribution in [2.45, 2.75) is 44.3 Å². The number of halogens is 1. The summed E-state index contributed by atoms with van der Waals surface area (Å²) < 4.78 is 41.1. The van der Waals surface area contributed by atoms with Crippen molar-refractivity contribution < 1.29 is 26.9 Å². The van der Waals surface area contributed by atoms with E-state index in [0.717, 1.165) is 8.96 Å². The minimum absolute atomic E-state index is 0.124. The smallest absolute Gasteiger partial charge is 0.383 e. The summed E-state index contributed by atoms with van der Waals surface area (Å²) in [6, 6.07) is -0.141. The number of aromatic nitrogens is 3. The second-order valence-corrected chi connectivity index (χ2v) is 10.0. The molecule has 3 heterocycles. The zero-order valence-corrected chi connectivity index (χ0v) is 19.1. The summed E-state index contributed by atoms with van der Waals surface area (Å²) in [6.45, 7) is 3.76. The minimum Gasteiger partial charge on any atom is -0.383 e. The highest BCUT2D eigenvalue weighted by molar-refractivity contribution is 14.1. The Hall–Kier alpha value is -1.75. The molecule has 4 atom stereocenters. The number of ether oxygens (including phenoxy) is 2. The summed E-state index contributed by atoms with van der Waals surface area (Å²) in [5.41, 5.74) is 6.72. The van der Waals surface area contributed by atoms with Crippen molar-refractivity contribution in [1.29, 1.82) is 0 Å². The first kappa shape index (κ1) is 21.5. The molecule has 164 valence electrons. The van der Waals surface area contributed by atoms with Gasteiger partial charge in [0.25, 0.3) is 0 Å². The quantitative estimate of drug-likeness (QED) is 0.460. The van der Waals surface area contributed by atoms with Crippen molar-refractivity contribution in [2.24, 2.45) is 11.1 Å². The van der Waals surface area contributed by atoms with Crippen LogP contribution in [0.15, 0.2) is 12.5 Å². The fraction of sp³-hybridized carbons (Fsp3) is 0.562. The minimum atomic E-state index is -4.38. The molecule has 1 saturated carbocycles. The Balaban J connectivity index is 1.61. The topological polar surface area (TPSA) is 174 Å². The van der Waals surface area contributed by atoms with E-state index in [1.807, 2.05) is 24.6 Å². The number of hydrogen-bond acceptors (Lipinski definition) is 9. The predicted octanol–water partition coefficient (Wildman–Crippen LogP) is 0.629. The lowest BCUT2D eigenvalue weighted by Crippen LogP contribution is -2.37. The third-order valence-electron chi connectivity index (χ3n) is 5.20. The number of carbonyl (C=O) groups is 1. The maximum atomic E-state index is 11.7. The number of nitrogen functional groups attached to an aromatic ring is 1. The van der Waals surface area contributed by atoms with Crippen LogP contribution in [-0.4, -0.2) is 53.6 Å². The molecule has 2 aromatic heterocycles. The molecule has 1 aliphatic heterocycles. The number of nitrogens with zero attached hydrogens (tertiary/aromatic N) is 3. The second kappa shape index (κ2) is 7.44. The van der Waals surface area contributed by atoms with Gasteiger partial charge >= 0.3 is 16.4 Å². The van der Waals surface area contributed by atoms with Gasteiger partial charge in [0, 0.05) is 22.2 Å². The molecule has 5 N–H and O–H groups in total. The van der Waals surface area contributed by atoms with Gasteiger partial charge in [0.05, 0.1) is 17.5 Å². The number of anilines is 1. The van der Waals surface area contributed by atoms with Crippen molar-refractivity contribution in [3.8, 4) is 0 Å². The number of nitrogens with one attached hydrogen (secondary N) is 1. The zero-order chi connectivity index (χ0) is 21.8. The van der Waals surface area contributed by atoms with Crippen LogP contribution >= 0.6 is 22.6 Å². The lowest BCUT2D eigenvalue weighted by Gasteiger charge is -2.24. The average Bonchev–Trinajstić information content (AvgIpc) is 3.21. The third-order valence-corrected chi connectivity index (χ3v) is 6.40. The van der Waals surface area contributed by atoms with Gasteiger partial charge in [-0.15, -0.1) is 0 Å². The Labute approximate surface area is 186 Å². The molecule has 14 heteroatoms. The zero-order valence-electron chi connectivity index (χ0n) is 16.1. The van der Waals surface area contributed by atoms with Crippen LogP contribution in [0.3, 0.4) is 0 Å². The largest absolute Gasteiger partial charge is 0.423 e. The lowest BCUT2D eigenvalue weighted by molar-refractivity contribution is -0.159. The summed E-state index contributed by atoms with van der Waals surface area (Å²) in [7, 11) is -4.38. The molecule has 0 spiro atoms. The Bertz CT molecular complexity index is 1110. The average molecular weight is 552 g/mol. The van der Waals surface area contributed by atoms with Gasteiger partial charge in [0.15, 0.2) is 5.79 Å². The van der Waals surface area contributed by atoms with Crippen molar-refractivity contribution in [3.63, 3.8) is 0 Å². The standard InChI is InChI=1S/C16H21IN6O6S/c1-16(2)27-11-7(4-20-15(24)29-30(19,25)26)3-9(12(11)28-16)23-5-8(17)10-13(18)21-6-22-14(10)23/h5-7,9,11-12H,3-4H2,1-2H3,(H,20,24)(H2,18,21,22)(H2,19,25,26)/t7-,9-,11-,12+/m1/s1. The fourth-order valence-electron chi connectivity index (χ4n) is 4.19. The van der Waals surface area contributed by atoms with E-state index in [0.29, 0.717) is 17.9 Å². The molecule has 1 saturated heterocycles. The van der Waals surface area contributed by atoms with Crippen LogP contribution < -0.4 is 16.2 Å². The molecule has 30 heavy (non-hydrogen) atoms. The Morgan fingerprint density at radius 2 is 2.10 bits per heavy atom. The van der Waals surface area contributed by atoms with Crippen LogP contribution in [0.1, 0.15) is 26.3 Å². The van der Waals surface area contributed by atoms with Crippen LogP contribution in [0, 0.1) is 9.49 Å². The Morgan fingerprint density at radius 1 is 1.40 bits per heavy atom. The second-order valence-electron chi connectivity index (χ2n) is 7.71. The highest BCUT2D eigenvalue weighted by Crippen LogP contribution is 2.48. The van der Waals surface area contributed by atoms with E-state index in [-0.39, 0.29) is 30.7 Å². The van der Waals surface area contributed by atoms with Crippen LogP contribution in [-0.2, 0) is 24.0 Å². The van der Waals surface area contributed by atoms with Gasteiger partial charge in [0.1, 0.15) is 23.9 Å². The van der Waals surface area contributed by atoms with E-state index in [4.69, 9.17) is 20.3 Å². The number of hydrogen-bond donors (Lipinski definition) is 3. The number of fused-ring (bicyclic) bond motifs is 2. The van der Waals surface area contributed by atoms with Gasteiger partial charge in [-0.2, -0.15) is 13.6 Å². The SMILES string of the molecule is CC1(C)O[C@@H]2[C@@H](CNC(=O)OS(N)(=O)=O)C[C@@H](n3cc(I)c4c(N)ncnc43)[C@@H]2O1. The van der Waals surface area contributed by atoms with Crippen LogP contribution in [0.4, 0.5) is 10.6 Å². The summed E-state index contributed by atoms with van der Waals surface area (Å²) in [6.07, 6.45) is 2.17. The fourth-order valence-corrected chi connectivity index (χ4v) is 5.28. The first-order valence-electron chi connectivity index (χ1n) is 9.07. The maximum Gasteiger partial charge on any atom is 0.423 e. The molecule has 2 aliphatic rings. The van der Waals surface area contributed by atoms with Gasteiger partial charge in [-0.3, -0.25) is 0 Å². The third kappa shape index (κ3) is 4.05. The van der Waals surface area contributed by atoms with Gasteiger partial charge in [-0.1, -0.05) is 0 Å². The van der Waals surface area contributed by atoms with Crippen molar-refractivity contribution >= 4 is 55.8 Å². The number of amides is 1. The molecule has 2 fully saturated rings. The Kier molecular flexibility index (Phi) is 5.32. The molecule has 0 bridgehead atoms. The van der Waals surface area contributed by atoms with Crippen LogP contribution in [0.25, 0.3) is 11.0 Å². The van der Waals surface area contributed by atoms with Gasteiger partial charge < -0.3 is 29.3 Å². The van der Waals surface area contributed by atoms with Gasteiger partial charge in [-0.05, 0) is 42.9 Å². The summed E-state index contributed by atoms with van der Waals surface area (Å²) in [4.78, 5) is 20.2. The number of rotatable bonds is 4. The maximum absolute atomic E-state index is 11.7. The van der Waals surface area contributed by atoms with E-state index in [9.17, 15) is 13.2 Å². The molecule has 1 aliphatic carbocycles. The number of nitrogens with two attached hydrogens (primary N) is 2. The molecular formula is C16H21IN6O6S. The van der Waals surface area contributed by atoms with Crippen molar-refractivity contribution in [1.82, 2.24) is 19.9 Å². The molecule has 12 nitrogen and oxygen atoms in total. The molecule has 0 unspecified atom stereocenters. The van der Waals surface area contributed by atoms with E-state index in [1.165, 1.54) is 6.33 Å². The monoisotopic (exact) mass is 552 g/mol. The first-order valence-corrected chi connectivity index (χ1v) is 11.6. The van der Waals surface area contributed by atoms with Crippen LogP contribution in [0.5, 0.6) is 0 Å². The molecule has 4 rings (SSSR count). The van der Waals surface area contributed by atoms with E-state index < -0.39 is 22.2 Å². The predicted molar refractivity (Wildman–Crippen MR) is 113 cm³/mol. The normalized spacial score (nSPS) is 27.9. The lowest BCUT2D eigenvalue weighted by atomic mass is 10.1. The van der Waals surface area contributed by atoms with Gasteiger partial charge in [-0.25, -0.2) is 14.8 Å². The molecule has 0 aromatic carbocycles. The molecule has 1 amide bonds. The number of carbonyl (C=O) groups excluding carboxylic acids is 1. The van der Waals surface area contributed by atoms with Gasteiger partial charge in [0.2, 0.25) is 0 Å². The highest BCUT2D eigenvalue weighted by atomic mass is 127. The molecular weight excluding hydrogens is 531 g/mol. The highest BCUT2D eigenvalue weighted by Gasteiger charge is 2.54. The van der Waals surface area contributed by atoms with E-state index in [2.05, 4.69) is 42.1 Å². The summed E-state index contributed by atoms with van der Waals surface area (Å²) in [5.74, 6) is -0.577. The van der Waals surface area contributed by atoms with E-state index >= 15 is 0 Å². The van der Waals surface area contributed by atoms with Crippen LogP contribution in [0.2, 0.25) is 0 Å². The summed E-state index contributed by atoms with van der Waals surface area (Å²) in [5, 5.41) is 7.93. The molecule has 0 radical (unpaired) electrons. The molecule has 2 aromatic rings. The Morgan fingerprint density at radius 3 is 2.80 bits per heavy atom. The van der Waals surface area contributed by atoms with Crippen molar-refractivity contribution in [2.75, 3.05) is 12.3 Å². The summed E-state index contributed by atoms with van der Waals surface area (Å²) >= 11 is 2.19. The van der Waals surface area contributed by atoms with Crippen molar-refractivity contribution in [3.05, 3.63) is 16.1 Å².